The first kappa shape index (κ1) is 10.3. The molecular formula is C15H20O. The summed E-state index contributed by atoms with van der Waals surface area (Å²) in [5, 5.41) is 0. The first-order chi connectivity index (χ1) is 7.84. The third-order valence-corrected chi connectivity index (χ3v) is 4.05. The summed E-state index contributed by atoms with van der Waals surface area (Å²) in [5.74, 6) is 0.820. The molecule has 0 aromatic heterocycles. The average Bonchev–Trinajstić information content (AvgIpc) is 3.08. The summed E-state index contributed by atoms with van der Waals surface area (Å²) in [6.45, 7) is 2.14. The molecule has 1 heterocycles. The fraction of sp³-hybridized carbons (Fsp3) is 0.600. The van der Waals surface area contributed by atoms with Crippen LogP contribution in [0.1, 0.15) is 62.2 Å². The molecule has 2 unspecified atom stereocenters. The number of hydrogen-bond donors (Lipinski definition) is 0. The molecule has 0 amide bonds. The van der Waals surface area contributed by atoms with Crippen molar-refractivity contribution in [3.05, 3.63) is 35.4 Å². The van der Waals surface area contributed by atoms with Crippen LogP contribution in [0.3, 0.4) is 0 Å². The number of epoxide rings is 1. The zero-order chi connectivity index (χ0) is 11.0. The molecular weight excluding hydrogens is 196 g/mol. The van der Waals surface area contributed by atoms with Gasteiger partial charge >= 0.3 is 0 Å². The standard InChI is InChI=1S/C15H20O/c1-11-15(16-11)14-9-7-13(8-10-14)12-5-3-2-4-6-12/h7-12,15H,2-6H2,1H3. The molecule has 86 valence electrons. The summed E-state index contributed by atoms with van der Waals surface area (Å²) in [6, 6.07) is 9.16. The van der Waals surface area contributed by atoms with Crippen molar-refractivity contribution in [1.82, 2.24) is 0 Å². The molecule has 0 spiro atoms. The van der Waals surface area contributed by atoms with Crippen LogP contribution in [0.25, 0.3) is 0 Å². The van der Waals surface area contributed by atoms with Crippen molar-refractivity contribution in [2.24, 2.45) is 0 Å². The van der Waals surface area contributed by atoms with E-state index < -0.39 is 0 Å². The first-order valence-corrected chi connectivity index (χ1v) is 6.60. The molecule has 1 saturated carbocycles. The number of hydrogen-bond acceptors (Lipinski definition) is 1. The van der Waals surface area contributed by atoms with Crippen molar-refractivity contribution in [3.8, 4) is 0 Å². The van der Waals surface area contributed by atoms with Gasteiger partial charge in [-0.2, -0.15) is 0 Å². The maximum atomic E-state index is 5.49. The molecule has 1 nitrogen and oxygen atoms in total. The molecule has 0 N–H and O–H groups in total. The maximum absolute atomic E-state index is 5.49. The van der Waals surface area contributed by atoms with E-state index in [9.17, 15) is 0 Å². The van der Waals surface area contributed by atoms with Gasteiger partial charge in [0.25, 0.3) is 0 Å². The van der Waals surface area contributed by atoms with Crippen molar-refractivity contribution in [2.45, 2.75) is 57.2 Å². The van der Waals surface area contributed by atoms with Gasteiger partial charge in [-0.05, 0) is 36.8 Å². The third-order valence-electron chi connectivity index (χ3n) is 4.05. The van der Waals surface area contributed by atoms with E-state index >= 15 is 0 Å². The minimum atomic E-state index is 0.375. The van der Waals surface area contributed by atoms with Crippen molar-refractivity contribution in [1.29, 1.82) is 0 Å². The second-order valence-corrected chi connectivity index (χ2v) is 5.26. The number of rotatable bonds is 2. The molecule has 1 aromatic rings. The third kappa shape index (κ3) is 2.01. The molecule has 1 saturated heterocycles. The largest absolute Gasteiger partial charge is 0.365 e. The fourth-order valence-corrected chi connectivity index (χ4v) is 2.93. The molecule has 1 aromatic carbocycles. The van der Waals surface area contributed by atoms with Crippen LogP contribution in [-0.2, 0) is 4.74 Å². The topological polar surface area (TPSA) is 12.5 Å². The zero-order valence-electron chi connectivity index (χ0n) is 9.99. The average molecular weight is 216 g/mol. The van der Waals surface area contributed by atoms with Crippen LogP contribution >= 0.6 is 0 Å². The lowest BCUT2D eigenvalue weighted by Gasteiger charge is -2.22. The van der Waals surface area contributed by atoms with Gasteiger partial charge < -0.3 is 4.74 Å². The Morgan fingerprint density at radius 1 is 0.938 bits per heavy atom. The van der Waals surface area contributed by atoms with E-state index in [1.165, 1.54) is 43.2 Å². The van der Waals surface area contributed by atoms with Crippen LogP contribution < -0.4 is 0 Å². The van der Waals surface area contributed by atoms with Crippen LogP contribution in [0.15, 0.2) is 24.3 Å². The lowest BCUT2D eigenvalue weighted by atomic mass is 9.84. The Morgan fingerprint density at radius 2 is 1.50 bits per heavy atom. The zero-order valence-corrected chi connectivity index (χ0v) is 9.99. The predicted molar refractivity (Wildman–Crippen MR) is 65.6 cm³/mol. The van der Waals surface area contributed by atoms with E-state index in [0.717, 1.165) is 5.92 Å². The Bertz CT molecular complexity index is 348. The summed E-state index contributed by atoms with van der Waals surface area (Å²) < 4.78 is 5.49. The molecule has 1 aliphatic carbocycles. The molecule has 2 fully saturated rings. The summed E-state index contributed by atoms with van der Waals surface area (Å²) in [4.78, 5) is 0. The normalized spacial score (nSPS) is 30.3. The first-order valence-electron chi connectivity index (χ1n) is 6.60. The highest BCUT2D eigenvalue weighted by atomic mass is 16.6. The van der Waals surface area contributed by atoms with Crippen molar-refractivity contribution in [2.75, 3.05) is 0 Å². The Morgan fingerprint density at radius 3 is 2.06 bits per heavy atom. The molecule has 1 heteroatoms. The Balaban J connectivity index is 1.71. The minimum Gasteiger partial charge on any atom is -0.365 e. The van der Waals surface area contributed by atoms with Crippen LogP contribution in [0.2, 0.25) is 0 Å². The van der Waals surface area contributed by atoms with Gasteiger partial charge in [-0.15, -0.1) is 0 Å². The van der Waals surface area contributed by atoms with Crippen LogP contribution in [0, 0.1) is 0 Å². The van der Waals surface area contributed by atoms with Gasteiger partial charge in [-0.1, -0.05) is 43.5 Å². The van der Waals surface area contributed by atoms with Gasteiger partial charge in [-0.25, -0.2) is 0 Å². The predicted octanol–water partition coefficient (Wildman–Crippen LogP) is 4.19. The van der Waals surface area contributed by atoms with Gasteiger partial charge in [0.2, 0.25) is 0 Å². The lowest BCUT2D eigenvalue weighted by Crippen LogP contribution is -2.04. The SMILES string of the molecule is CC1OC1c1ccc(C2CCCCC2)cc1. The monoisotopic (exact) mass is 216 g/mol. The Hall–Kier alpha value is -0.820. The van der Waals surface area contributed by atoms with E-state index in [1.807, 2.05) is 0 Å². The van der Waals surface area contributed by atoms with Crippen molar-refractivity contribution in [3.63, 3.8) is 0 Å². The van der Waals surface area contributed by atoms with Crippen LogP contribution in [-0.4, -0.2) is 6.10 Å². The Kier molecular flexibility index (Phi) is 2.72. The van der Waals surface area contributed by atoms with Crippen molar-refractivity contribution >= 4 is 0 Å². The van der Waals surface area contributed by atoms with Gasteiger partial charge in [0.1, 0.15) is 6.10 Å². The lowest BCUT2D eigenvalue weighted by molar-refractivity contribution is 0.383. The molecule has 1 aliphatic heterocycles. The summed E-state index contributed by atoms with van der Waals surface area (Å²) in [5.41, 5.74) is 2.89. The maximum Gasteiger partial charge on any atom is 0.109 e. The highest BCUT2D eigenvalue weighted by Gasteiger charge is 2.35. The van der Waals surface area contributed by atoms with Gasteiger partial charge in [0.05, 0.1) is 6.10 Å². The van der Waals surface area contributed by atoms with Gasteiger partial charge in [-0.3, -0.25) is 0 Å². The van der Waals surface area contributed by atoms with Crippen LogP contribution in [0.4, 0.5) is 0 Å². The second kappa shape index (κ2) is 4.21. The van der Waals surface area contributed by atoms with E-state index in [0.29, 0.717) is 12.2 Å². The van der Waals surface area contributed by atoms with E-state index in [-0.39, 0.29) is 0 Å². The van der Waals surface area contributed by atoms with E-state index in [1.54, 1.807) is 0 Å². The highest BCUT2D eigenvalue weighted by Crippen LogP contribution is 2.39. The molecule has 0 bridgehead atoms. The molecule has 3 rings (SSSR count). The summed E-state index contributed by atoms with van der Waals surface area (Å²) in [7, 11) is 0. The van der Waals surface area contributed by atoms with E-state index in [4.69, 9.17) is 4.74 Å². The highest BCUT2D eigenvalue weighted by molar-refractivity contribution is 5.29. The number of benzene rings is 1. The molecule has 0 radical (unpaired) electrons. The molecule has 2 atom stereocenters. The smallest absolute Gasteiger partial charge is 0.109 e. The molecule has 2 aliphatic rings. The second-order valence-electron chi connectivity index (χ2n) is 5.26. The summed E-state index contributed by atoms with van der Waals surface area (Å²) in [6.07, 6.45) is 7.83. The molecule has 16 heavy (non-hydrogen) atoms. The Labute approximate surface area is 97.8 Å². The summed E-state index contributed by atoms with van der Waals surface area (Å²) >= 11 is 0. The van der Waals surface area contributed by atoms with Gasteiger partial charge in [0, 0.05) is 0 Å². The number of ether oxygens (including phenoxy) is 1. The van der Waals surface area contributed by atoms with Crippen molar-refractivity contribution < 1.29 is 4.74 Å². The fourth-order valence-electron chi connectivity index (χ4n) is 2.93. The minimum absolute atomic E-state index is 0.375. The van der Waals surface area contributed by atoms with E-state index in [2.05, 4.69) is 31.2 Å². The van der Waals surface area contributed by atoms with Crippen LogP contribution in [0.5, 0.6) is 0 Å². The quantitative estimate of drug-likeness (QED) is 0.675. The van der Waals surface area contributed by atoms with Gasteiger partial charge in [0.15, 0.2) is 0 Å².